The minimum absolute atomic E-state index is 0.602. The average molecular weight is 184 g/mol. The Morgan fingerprint density at radius 3 is 2.38 bits per heavy atom. The highest BCUT2D eigenvalue weighted by Gasteiger charge is 2.09. The number of allylic oxidation sites excluding steroid dienone is 1. The van der Waals surface area contributed by atoms with E-state index in [4.69, 9.17) is 5.73 Å². The summed E-state index contributed by atoms with van der Waals surface area (Å²) in [7, 11) is 0. The van der Waals surface area contributed by atoms with E-state index in [0.717, 1.165) is 19.6 Å². The van der Waals surface area contributed by atoms with Gasteiger partial charge in [0.05, 0.1) is 0 Å². The van der Waals surface area contributed by atoms with Gasteiger partial charge in [-0.2, -0.15) is 0 Å². The summed E-state index contributed by atoms with van der Waals surface area (Å²) in [5.41, 5.74) is 7.02. The van der Waals surface area contributed by atoms with Gasteiger partial charge in [0.1, 0.15) is 0 Å². The molecule has 0 aliphatic carbocycles. The molecule has 0 bridgehead atoms. The van der Waals surface area contributed by atoms with Crippen LogP contribution in [0.3, 0.4) is 0 Å². The minimum atomic E-state index is 0.602. The number of hydrogen-bond donors (Lipinski definition) is 2. The highest BCUT2D eigenvalue weighted by molar-refractivity contribution is 4.94. The van der Waals surface area contributed by atoms with Crippen LogP contribution in [-0.2, 0) is 0 Å². The van der Waals surface area contributed by atoms with Crippen LogP contribution < -0.4 is 11.1 Å². The van der Waals surface area contributed by atoms with Crippen molar-refractivity contribution >= 4 is 0 Å². The summed E-state index contributed by atoms with van der Waals surface area (Å²) in [5, 5.41) is 3.39. The van der Waals surface area contributed by atoms with Gasteiger partial charge in [-0.05, 0) is 38.8 Å². The maximum atomic E-state index is 5.66. The fraction of sp³-hybridized carbons (Fsp3) is 0.818. The lowest BCUT2D eigenvalue weighted by molar-refractivity contribution is 0.377. The molecule has 13 heavy (non-hydrogen) atoms. The van der Waals surface area contributed by atoms with Crippen LogP contribution in [0.4, 0.5) is 0 Å². The van der Waals surface area contributed by atoms with Crippen LogP contribution in [-0.4, -0.2) is 19.6 Å². The third-order valence-electron chi connectivity index (χ3n) is 2.31. The summed E-state index contributed by atoms with van der Waals surface area (Å²) in [6.07, 6.45) is 2.20. The van der Waals surface area contributed by atoms with Gasteiger partial charge in [0.2, 0.25) is 0 Å². The third kappa shape index (κ3) is 6.79. The number of nitrogens with two attached hydrogens (primary N) is 1. The van der Waals surface area contributed by atoms with E-state index in [1.165, 1.54) is 5.57 Å². The Hall–Kier alpha value is -0.340. The Labute approximate surface area is 82.6 Å². The summed E-state index contributed by atoms with van der Waals surface area (Å²) in [5.74, 6) is 1.27. The van der Waals surface area contributed by atoms with Crippen LogP contribution in [0.1, 0.15) is 27.7 Å². The molecule has 2 heteroatoms. The second-order valence-electron chi connectivity index (χ2n) is 4.18. The van der Waals surface area contributed by atoms with E-state index >= 15 is 0 Å². The quantitative estimate of drug-likeness (QED) is 0.488. The van der Waals surface area contributed by atoms with Crippen molar-refractivity contribution in [3.8, 4) is 0 Å². The van der Waals surface area contributed by atoms with Gasteiger partial charge in [-0.3, -0.25) is 0 Å². The molecule has 0 aromatic rings. The van der Waals surface area contributed by atoms with E-state index in [-0.39, 0.29) is 0 Å². The van der Waals surface area contributed by atoms with Crippen LogP contribution in [0, 0.1) is 11.8 Å². The molecule has 78 valence electrons. The number of rotatable bonds is 6. The van der Waals surface area contributed by atoms with Crippen molar-refractivity contribution in [2.75, 3.05) is 19.6 Å². The van der Waals surface area contributed by atoms with E-state index in [0.29, 0.717) is 11.8 Å². The van der Waals surface area contributed by atoms with Gasteiger partial charge in [0, 0.05) is 6.54 Å². The van der Waals surface area contributed by atoms with E-state index < -0.39 is 0 Å². The fourth-order valence-electron chi connectivity index (χ4n) is 1.14. The molecule has 0 rings (SSSR count). The molecule has 0 aromatic carbocycles. The Kier molecular flexibility index (Phi) is 6.92. The highest BCUT2D eigenvalue weighted by Crippen LogP contribution is 2.06. The van der Waals surface area contributed by atoms with Crippen molar-refractivity contribution in [1.82, 2.24) is 5.32 Å². The van der Waals surface area contributed by atoms with Crippen LogP contribution in [0.5, 0.6) is 0 Å². The summed E-state index contributed by atoms with van der Waals surface area (Å²) in [4.78, 5) is 0. The highest BCUT2D eigenvalue weighted by atomic mass is 14.9. The number of hydrogen-bond acceptors (Lipinski definition) is 2. The van der Waals surface area contributed by atoms with Gasteiger partial charge in [0.15, 0.2) is 0 Å². The lowest BCUT2D eigenvalue weighted by Gasteiger charge is -2.18. The van der Waals surface area contributed by atoms with Crippen molar-refractivity contribution in [3.05, 3.63) is 11.6 Å². The molecule has 0 spiro atoms. The van der Waals surface area contributed by atoms with E-state index in [9.17, 15) is 0 Å². The molecular weight excluding hydrogens is 160 g/mol. The first-order valence-corrected chi connectivity index (χ1v) is 5.12. The molecular formula is C11H24N2. The van der Waals surface area contributed by atoms with Crippen LogP contribution in [0.25, 0.3) is 0 Å². The smallest absolute Gasteiger partial charge is 0.0137 e. The maximum Gasteiger partial charge on any atom is 0.0137 e. The monoisotopic (exact) mass is 184 g/mol. The molecule has 0 aliphatic heterocycles. The first kappa shape index (κ1) is 12.7. The van der Waals surface area contributed by atoms with Crippen molar-refractivity contribution < 1.29 is 0 Å². The van der Waals surface area contributed by atoms with Crippen molar-refractivity contribution in [3.63, 3.8) is 0 Å². The van der Waals surface area contributed by atoms with Crippen molar-refractivity contribution in [2.24, 2.45) is 17.6 Å². The van der Waals surface area contributed by atoms with Crippen LogP contribution >= 0.6 is 0 Å². The van der Waals surface area contributed by atoms with Crippen LogP contribution in [0.2, 0.25) is 0 Å². The van der Waals surface area contributed by atoms with E-state index in [1.54, 1.807) is 0 Å². The maximum absolute atomic E-state index is 5.66. The van der Waals surface area contributed by atoms with Crippen molar-refractivity contribution in [1.29, 1.82) is 0 Å². The molecule has 1 unspecified atom stereocenters. The van der Waals surface area contributed by atoms with E-state index in [2.05, 4.69) is 39.1 Å². The van der Waals surface area contributed by atoms with E-state index in [1.807, 2.05) is 0 Å². The van der Waals surface area contributed by atoms with Gasteiger partial charge in [-0.1, -0.05) is 25.5 Å². The van der Waals surface area contributed by atoms with Gasteiger partial charge in [-0.15, -0.1) is 0 Å². The molecule has 0 radical (unpaired) electrons. The van der Waals surface area contributed by atoms with Crippen molar-refractivity contribution in [2.45, 2.75) is 27.7 Å². The lowest BCUT2D eigenvalue weighted by Crippen LogP contribution is -2.31. The molecule has 0 aliphatic rings. The third-order valence-corrected chi connectivity index (χ3v) is 2.31. The van der Waals surface area contributed by atoms with Gasteiger partial charge >= 0.3 is 0 Å². The molecule has 0 aromatic heterocycles. The topological polar surface area (TPSA) is 38.0 Å². The van der Waals surface area contributed by atoms with Gasteiger partial charge in [-0.25, -0.2) is 0 Å². The van der Waals surface area contributed by atoms with Gasteiger partial charge < -0.3 is 11.1 Å². The first-order chi connectivity index (χ1) is 6.07. The molecule has 0 saturated carbocycles. The molecule has 0 amide bonds. The second-order valence-corrected chi connectivity index (χ2v) is 4.18. The molecule has 0 heterocycles. The first-order valence-electron chi connectivity index (χ1n) is 5.12. The lowest BCUT2D eigenvalue weighted by atomic mass is 9.96. The van der Waals surface area contributed by atoms with Gasteiger partial charge in [0.25, 0.3) is 0 Å². The Balaban J connectivity index is 3.56. The zero-order valence-electron chi connectivity index (χ0n) is 9.43. The molecule has 1 atom stereocenters. The predicted molar refractivity (Wildman–Crippen MR) is 59.7 cm³/mol. The minimum Gasteiger partial charge on any atom is -0.330 e. The molecule has 0 saturated heterocycles. The Morgan fingerprint density at radius 2 is 2.00 bits per heavy atom. The summed E-state index contributed by atoms with van der Waals surface area (Å²) in [6, 6.07) is 0. The second kappa shape index (κ2) is 7.10. The van der Waals surface area contributed by atoms with Crippen LogP contribution in [0.15, 0.2) is 11.6 Å². The normalized spacial score (nSPS) is 13.1. The fourth-order valence-corrected chi connectivity index (χ4v) is 1.14. The summed E-state index contributed by atoms with van der Waals surface area (Å²) < 4.78 is 0. The molecule has 3 N–H and O–H groups in total. The predicted octanol–water partition coefficient (Wildman–Crippen LogP) is 1.77. The molecule has 0 fully saturated rings. The number of nitrogens with one attached hydrogen (secondary N) is 1. The Morgan fingerprint density at radius 1 is 1.38 bits per heavy atom. The SMILES string of the molecule is CC(C)=CCNCC(CN)C(C)C. The Bertz CT molecular complexity index is 146. The average Bonchev–Trinajstić information content (AvgIpc) is 2.03. The summed E-state index contributed by atoms with van der Waals surface area (Å²) in [6.45, 7) is 11.4. The largest absolute Gasteiger partial charge is 0.330 e. The molecule has 2 nitrogen and oxygen atoms in total. The standard InChI is InChI=1S/C11H24N2/c1-9(2)5-6-13-8-11(7-12)10(3)4/h5,10-11,13H,6-8,12H2,1-4H3. The summed E-state index contributed by atoms with van der Waals surface area (Å²) >= 11 is 0. The zero-order chi connectivity index (χ0) is 10.3. The zero-order valence-corrected chi connectivity index (χ0v) is 9.43.